The van der Waals surface area contributed by atoms with Crippen LogP contribution in [-0.2, 0) is 20.0 Å². The minimum absolute atomic E-state index is 0.0516. The number of methoxy groups -OCH3 is 1. The predicted molar refractivity (Wildman–Crippen MR) is 142 cm³/mol. The molecule has 4 rings (SSSR count). The molecule has 1 amide bonds. The lowest BCUT2D eigenvalue weighted by atomic mass is 10.1. The van der Waals surface area contributed by atoms with Gasteiger partial charge in [-0.3, -0.25) is 14.2 Å². The highest BCUT2D eigenvalue weighted by Crippen LogP contribution is 2.27. The second kappa shape index (κ2) is 11.0. The van der Waals surface area contributed by atoms with Gasteiger partial charge in [0.2, 0.25) is 0 Å². The summed E-state index contributed by atoms with van der Waals surface area (Å²) in [6.07, 6.45) is 2.85. The van der Waals surface area contributed by atoms with Crippen molar-refractivity contribution < 1.29 is 26.4 Å². The average molecular weight is 564 g/mol. The van der Waals surface area contributed by atoms with Crippen LogP contribution in [0.1, 0.15) is 29.6 Å². The summed E-state index contributed by atoms with van der Waals surface area (Å²) >= 11 is 5.83. The number of nitrogens with one attached hydrogen (secondary N) is 2. The zero-order valence-corrected chi connectivity index (χ0v) is 22.4. The van der Waals surface area contributed by atoms with Crippen LogP contribution in [0, 0.1) is 0 Å². The fraction of sp³-hybridized carbons (Fsp3) is 0.240. The summed E-state index contributed by atoms with van der Waals surface area (Å²) < 4.78 is 61.7. The Hall–Kier alpha value is -3.28. The molecule has 0 spiro atoms. The number of likely N-dealkylation sites (tertiary alicyclic amines) is 1. The van der Waals surface area contributed by atoms with Crippen molar-refractivity contribution in [1.82, 2.24) is 4.90 Å². The van der Waals surface area contributed by atoms with Crippen LogP contribution in [0.3, 0.4) is 0 Å². The highest BCUT2D eigenvalue weighted by molar-refractivity contribution is 7.93. The molecule has 3 aromatic rings. The Morgan fingerprint density at radius 2 is 1.30 bits per heavy atom. The van der Waals surface area contributed by atoms with E-state index in [-0.39, 0.29) is 32.7 Å². The summed E-state index contributed by atoms with van der Waals surface area (Å²) in [6, 6.07) is 15.5. The van der Waals surface area contributed by atoms with E-state index < -0.39 is 20.0 Å². The number of ether oxygens (including phenoxy) is 1. The molecule has 0 aliphatic carbocycles. The lowest BCUT2D eigenvalue weighted by Crippen LogP contribution is -2.35. The Balaban J connectivity index is 1.53. The van der Waals surface area contributed by atoms with E-state index in [1.165, 1.54) is 61.7 Å². The van der Waals surface area contributed by atoms with Gasteiger partial charge in [0.25, 0.3) is 26.0 Å². The summed E-state index contributed by atoms with van der Waals surface area (Å²) in [5.74, 6) is 0.00798. The number of piperidine rings is 1. The topological polar surface area (TPSA) is 122 Å². The Labute approximate surface area is 221 Å². The van der Waals surface area contributed by atoms with Crippen LogP contribution in [0.25, 0.3) is 0 Å². The van der Waals surface area contributed by atoms with Crippen LogP contribution in [0.15, 0.2) is 76.5 Å². The average Bonchev–Trinajstić information content (AvgIpc) is 2.89. The molecule has 37 heavy (non-hydrogen) atoms. The lowest BCUT2D eigenvalue weighted by molar-refractivity contribution is 0.0720. The van der Waals surface area contributed by atoms with Gasteiger partial charge in [-0.2, -0.15) is 0 Å². The first-order chi connectivity index (χ1) is 17.6. The SMILES string of the molecule is COc1ccc(S(=O)(=O)Nc2ccc(S(=O)(=O)Nc3ccc(Cl)cc3)cc2)cc1C(=O)N1CCCCC1. The third kappa shape index (κ3) is 6.35. The number of nitrogens with zero attached hydrogens (tertiary/aromatic N) is 1. The van der Waals surface area contributed by atoms with E-state index in [1.54, 1.807) is 17.0 Å². The molecule has 3 aromatic carbocycles. The quantitative estimate of drug-likeness (QED) is 0.414. The Morgan fingerprint density at radius 3 is 1.86 bits per heavy atom. The second-order valence-corrected chi connectivity index (χ2v) is 12.3. The Kier molecular flexibility index (Phi) is 7.96. The van der Waals surface area contributed by atoms with Crippen molar-refractivity contribution in [2.75, 3.05) is 29.6 Å². The van der Waals surface area contributed by atoms with Gasteiger partial charge in [0.05, 0.1) is 22.5 Å². The molecule has 0 atom stereocenters. The number of rotatable bonds is 8. The number of benzene rings is 3. The monoisotopic (exact) mass is 563 g/mol. The van der Waals surface area contributed by atoms with Crippen LogP contribution < -0.4 is 14.2 Å². The smallest absolute Gasteiger partial charge is 0.261 e. The molecule has 1 aliphatic heterocycles. The van der Waals surface area contributed by atoms with Crippen LogP contribution in [0.5, 0.6) is 5.75 Å². The van der Waals surface area contributed by atoms with Crippen molar-refractivity contribution in [3.63, 3.8) is 0 Å². The maximum Gasteiger partial charge on any atom is 0.261 e. The molecule has 1 saturated heterocycles. The second-order valence-electron chi connectivity index (χ2n) is 8.46. The van der Waals surface area contributed by atoms with Gasteiger partial charge in [-0.05, 0) is 86.0 Å². The molecule has 0 unspecified atom stereocenters. The molecule has 1 aliphatic rings. The number of carbonyl (C=O) groups excluding carboxylic acids is 1. The molecule has 9 nitrogen and oxygen atoms in total. The first-order valence-corrected chi connectivity index (χ1v) is 14.8. The largest absolute Gasteiger partial charge is 0.496 e. The van der Waals surface area contributed by atoms with Crippen molar-refractivity contribution in [1.29, 1.82) is 0 Å². The molecule has 12 heteroatoms. The lowest BCUT2D eigenvalue weighted by Gasteiger charge is -2.27. The van der Waals surface area contributed by atoms with E-state index in [0.29, 0.717) is 23.8 Å². The van der Waals surface area contributed by atoms with Crippen molar-refractivity contribution in [2.24, 2.45) is 0 Å². The molecular weight excluding hydrogens is 538 g/mol. The van der Waals surface area contributed by atoms with Crippen LogP contribution in [0.4, 0.5) is 11.4 Å². The summed E-state index contributed by atoms with van der Waals surface area (Å²) in [5, 5.41) is 0.472. The molecule has 1 heterocycles. The number of sulfonamides is 2. The highest BCUT2D eigenvalue weighted by atomic mass is 35.5. The number of hydrogen-bond acceptors (Lipinski definition) is 6. The van der Waals surface area contributed by atoms with Crippen LogP contribution in [-0.4, -0.2) is 47.8 Å². The Morgan fingerprint density at radius 1 is 0.784 bits per heavy atom. The first kappa shape index (κ1) is 26.8. The normalized spacial score (nSPS) is 14.2. The summed E-state index contributed by atoms with van der Waals surface area (Å²) in [4.78, 5) is 14.6. The summed E-state index contributed by atoms with van der Waals surface area (Å²) in [7, 11) is -6.56. The maximum absolute atomic E-state index is 13.1. The van der Waals surface area contributed by atoms with Gasteiger partial charge in [0.15, 0.2) is 0 Å². The van der Waals surface area contributed by atoms with Gasteiger partial charge in [-0.1, -0.05) is 11.6 Å². The van der Waals surface area contributed by atoms with Gasteiger partial charge >= 0.3 is 0 Å². The highest BCUT2D eigenvalue weighted by Gasteiger charge is 2.25. The van der Waals surface area contributed by atoms with Gasteiger partial charge in [0, 0.05) is 29.5 Å². The summed E-state index contributed by atoms with van der Waals surface area (Å²) in [6.45, 7) is 1.22. The number of anilines is 2. The molecule has 196 valence electrons. The predicted octanol–water partition coefficient (Wildman–Crippen LogP) is 4.58. The maximum atomic E-state index is 13.1. The zero-order valence-electron chi connectivity index (χ0n) is 20.0. The summed E-state index contributed by atoms with van der Waals surface area (Å²) in [5.41, 5.74) is 0.663. The molecule has 0 saturated carbocycles. The molecular formula is C25H26ClN3O6S2. The Bertz CT molecular complexity index is 1490. The fourth-order valence-corrected chi connectivity index (χ4v) is 6.21. The van der Waals surface area contributed by atoms with E-state index in [2.05, 4.69) is 9.44 Å². The van der Waals surface area contributed by atoms with E-state index in [0.717, 1.165) is 19.3 Å². The minimum atomic E-state index is -4.08. The van der Waals surface area contributed by atoms with Gasteiger partial charge in [0.1, 0.15) is 5.75 Å². The molecule has 0 bridgehead atoms. The molecule has 1 fully saturated rings. The van der Waals surface area contributed by atoms with E-state index >= 15 is 0 Å². The van der Waals surface area contributed by atoms with Crippen molar-refractivity contribution in [3.05, 3.63) is 77.3 Å². The van der Waals surface area contributed by atoms with Gasteiger partial charge < -0.3 is 9.64 Å². The van der Waals surface area contributed by atoms with Crippen molar-refractivity contribution in [3.8, 4) is 5.75 Å². The van der Waals surface area contributed by atoms with Crippen LogP contribution in [0.2, 0.25) is 5.02 Å². The van der Waals surface area contributed by atoms with Crippen molar-refractivity contribution >= 4 is 48.9 Å². The fourth-order valence-electron chi connectivity index (χ4n) is 3.94. The third-order valence-electron chi connectivity index (χ3n) is 5.87. The van der Waals surface area contributed by atoms with E-state index in [4.69, 9.17) is 16.3 Å². The molecule has 0 radical (unpaired) electrons. The first-order valence-electron chi connectivity index (χ1n) is 11.5. The standard InChI is InChI=1S/C25H26ClN3O6S2/c1-35-24-14-13-22(17-23(24)25(30)29-15-3-2-4-16-29)37(33,34)28-20-9-11-21(12-10-20)36(31,32)27-19-7-5-18(26)6-8-19/h5-14,17,27-28H,2-4,15-16H2,1H3. The number of carbonyl (C=O) groups is 1. The molecule has 0 aromatic heterocycles. The molecule has 2 N–H and O–H groups in total. The van der Waals surface area contributed by atoms with E-state index in [9.17, 15) is 21.6 Å². The minimum Gasteiger partial charge on any atom is -0.496 e. The van der Waals surface area contributed by atoms with Crippen LogP contribution >= 0.6 is 11.6 Å². The number of halogens is 1. The van der Waals surface area contributed by atoms with Crippen molar-refractivity contribution in [2.45, 2.75) is 29.1 Å². The third-order valence-corrected chi connectivity index (χ3v) is 8.90. The van der Waals surface area contributed by atoms with E-state index in [1.807, 2.05) is 0 Å². The van der Waals surface area contributed by atoms with Gasteiger partial charge in [-0.25, -0.2) is 16.8 Å². The van der Waals surface area contributed by atoms with Gasteiger partial charge in [-0.15, -0.1) is 0 Å². The number of hydrogen-bond donors (Lipinski definition) is 2. The number of amides is 1. The zero-order chi connectivity index (χ0) is 26.6.